The Bertz CT molecular complexity index is 1000. The molecular weight excluding hydrogens is 467 g/mol. The average molecular weight is 498 g/mol. The van der Waals surface area contributed by atoms with Crippen molar-refractivity contribution < 1.29 is 23.0 Å². The fraction of sp³-hybridized carbons (Fsp3) is 0.565. The van der Waals surface area contributed by atoms with Gasteiger partial charge in [-0.2, -0.15) is 0 Å². The van der Waals surface area contributed by atoms with E-state index >= 15 is 0 Å². The summed E-state index contributed by atoms with van der Waals surface area (Å²) in [6.45, 7) is 2.00. The number of ether oxygens (including phenoxy) is 1. The molecule has 186 valence electrons. The Balaban J connectivity index is 1.49. The van der Waals surface area contributed by atoms with E-state index in [1.165, 1.54) is 17.8 Å². The first-order valence-electron chi connectivity index (χ1n) is 11.6. The molecule has 11 heteroatoms. The van der Waals surface area contributed by atoms with E-state index in [0.29, 0.717) is 35.2 Å². The minimum atomic E-state index is -1.26. The van der Waals surface area contributed by atoms with Gasteiger partial charge in [-0.3, -0.25) is 0 Å². The van der Waals surface area contributed by atoms with Gasteiger partial charge in [0.1, 0.15) is 11.9 Å². The second kappa shape index (κ2) is 11.0. The molecule has 1 aromatic carbocycles. The summed E-state index contributed by atoms with van der Waals surface area (Å²) in [7, 11) is 0. The van der Waals surface area contributed by atoms with Crippen molar-refractivity contribution in [1.82, 2.24) is 9.97 Å². The average Bonchev–Trinajstić information content (AvgIpc) is 3.51. The smallest absolute Gasteiger partial charge is 0.191 e. The lowest BCUT2D eigenvalue weighted by Crippen LogP contribution is -2.33. The van der Waals surface area contributed by atoms with Crippen LogP contribution in [0.15, 0.2) is 23.4 Å². The number of benzene rings is 1. The molecule has 2 fully saturated rings. The molecule has 2 aliphatic rings. The Morgan fingerprint density at radius 1 is 1.15 bits per heavy atom. The van der Waals surface area contributed by atoms with Crippen molar-refractivity contribution in [3.8, 4) is 0 Å². The Hall–Kier alpha value is -2.24. The molecule has 1 aromatic heterocycles. The zero-order valence-electron chi connectivity index (χ0n) is 18.9. The number of nitrogens with zero attached hydrogens (tertiary/aromatic N) is 2. The van der Waals surface area contributed by atoms with Crippen molar-refractivity contribution in [3.63, 3.8) is 0 Å². The molecule has 0 bridgehead atoms. The highest BCUT2D eigenvalue weighted by Crippen LogP contribution is 2.44. The number of rotatable bonds is 11. The molecule has 5 N–H and O–H groups in total. The van der Waals surface area contributed by atoms with Crippen LogP contribution in [0.1, 0.15) is 44.1 Å². The maximum absolute atomic E-state index is 14.9. The second-order valence-corrected chi connectivity index (χ2v) is 9.70. The number of hydrogen-bond donors (Lipinski definition) is 4. The van der Waals surface area contributed by atoms with Crippen LogP contribution in [0.25, 0.3) is 0 Å². The third-order valence-electron chi connectivity index (χ3n) is 6.09. The highest BCUT2D eigenvalue weighted by molar-refractivity contribution is 7.99. The summed E-state index contributed by atoms with van der Waals surface area (Å²) in [6.07, 6.45) is 0.900. The molecule has 2 aliphatic carbocycles. The van der Waals surface area contributed by atoms with Gasteiger partial charge in [0.2, 0.25) is 0 Å². The van der Waals surface area contributed by atoms with Crippen LogP contribution < -0.4 is 16.4 Å². The van der Waals surface area contributed by atoms with Crippen LogP contribution in [0.3, 0.4) is 0 Å². The number of anilines is 3. The van der Waals surface area contributed by atoms with E-state index in [1.807, 2.05) is 0 Å². The molecule has 2 aromatic rings. The van der Waals surface area contributed by atoms with E-state index < -0.39 is 30.0 Å². The second-order valence-electron chi connectivity index (χ2n) is 8.64. The van der Waals surface area contributed by atoms with E-state index in [9.17, 15) is 13.2 Å². The fourth-order valence-corrected chi connectivity index (χ4v) is 4.89. The maximum atomic E-state index is 14.9. The van der Waals surface area contributed by atoms with E-state index in [-0.39, 0.29) is 30.9 Å². The van der Waals surface area contributed by atoms with Crippen molar-refractivity contribution in [2.24, 2.45) is 0 Å². The molecule has 2 saturated carbocycles. The van der Waals surface area contributed by atoms with Gasteiger partial charge in [0.25, 0.3) is 0 Å². The van der Waals surface area contributed by atoms with Crippen molar-refractivity contribution >= 4 is 29.1 Å². The Labute approximate surface area is 201 Å². The SMILES string of the molecule is CCCSc1nc(NC2CC2c2ccc(F)c(F)c2)c(N)c(NC2CCC(OCCO)[C@@H]2F)n1. The van der Waals surface area contributed by atoms with Gasteiger partial charge in [0, 0.05) is 17.7 Å². The molecule has 7 nitrogen and oxygen atoms in total. The number of alkyl halides is 1. The molecule has 0 radical (unpaired) electrons. The number of nitrogens with one attached hydrogen (secondary N) is 2. The van der Waals surface area contributed by atoms with Gasteiger partial charge >= 0.3 is 0 Å². The van der Waals surface area contributed by atoms with Gasteiger partial charge in [-0.25, -0.2) is 23.1 Å². The molecule has 1 heterocycles. The van der Waals surface area contributed by atoms with E-state index in [0.717, 1.165) is 24.7 Å². The minimum absolute atomic E-state index is 0.0158. The topological polar surface area (TPSA) is 105 Å². The summed E-state index contributed by atoms with van der Waals surface area (Å²) < 4.78 is 47.2. The lowest BCUT2D eigenvalue weighted by atomic mass is 10.1. The van der Waals surface area contributed by atoms with Crippen LogP contribution in [0.2, 0.25) is 0 Å². The highest BCUT2D eigenvalue weighted by Gasteiger charge is 2.40. The van der Waals surface area contributed by atoms with Crippen molar-refractivity contribution in [1.29, 1.82) is 0 Å². The lowest BCUT2D eigenvalue weighted by Gasteiger charge is -2.21. The normalized spacial score (nSPS) is 26.0. The fourth-order valence-electron chi connectivity index (χ4n) is 4.20. The zero-order chi connectivity index (χ0) is 24.2. The van der Waals surface area contributed by atoms with Gasteiger partial charge in [0.15, 0.2) is 28.4 Å². The largest absolute Gasteiger partial charge is 0.394 e. The lowest BCUT2D eigenvalue weighted by molar-refractivity contribution is -0.00370. The van der Waals surface area contributed by atoms with Gasteiger partial charge < -0.3 is 26.2 Å². The minimum Gasteiger partial charge on any atom is -0.394 e. The number of nitrogen functional groups attached to an aromatic ring is 1. The van der Waals surface area contributed by atoms with E-state index in [4.69, 9.17) is 15.6 Å². The quantitative estimate of drug-likeness (QED) is 0.272. The molecule has 4 unspecified atom stereocenters. The van der Waals surface area contributed by atoms with Gasteiger partial charge in [-0.15, -0.1) is 0 Å². The maximum Gasteiger partial charge on any atom is 0.191 e. The van der Waals surface area contributed by atoms with Gasteiger partial charge in [0.05, 0.1) is 25.4 Å². The standard InChI is InChI=1S/C23H30F3N5O2S/c1-2-9-34-23-30-21(28-16-5-6-18(19(16)26)33-8-7-32)20(27)22(31-23)29-17-11-13(17)12-3-4-14(24)15(25)10-12/h3-4,10,13,16-19,32H,2,5-9,11,27H2,1H3,(H2,28,29,30,31)/t13?,16?,17?,18?,19-/m1/s1. The summed E-state index contributed by atoms with van der Waals surface area (Å²) in [5.41, 5.74) is 7.36. The number of aliphatic hydroxyl groups excluding tert-OH is 1. The number of hydrogen-bond acceptors (Lipinski definition) is 8. The van der Waals surface area contributed by atoms with Gasteiger partial charge in [-0.05, 0) is 43.4 Å². The number of nitrogens with two attached hydrogens (primary N) is 1. The Morgan fingerprint density at radius 2 is 1.88 bits per heavy atom. The Morgan fingerprint density at radius 3 is 2.56 bits per heavy atom. The van der Waals surface area contributed by atoms with Crippen LogP contribution in [0.4, 0.5) is 30.5 Å². The molecule has 4 rings (SSSR count). The Kier molecular flexibility index (Phi) is 8.05. The van der Waals surface area contributed by atoms with Crippen LogP contribution >= 0.6 is 11.8 Å². The van der Waals surface area contributed by atoms with Crippen LogP contribution in [-0.2, 0) is 4.74 Å². The van der Waals surface area contributed by atoms with E-state index in [2.05, 4.69) is 27.5 Å². The summed E-state index contributed by atoms with van der Waals surface area (Å²) in [5.74, 6) is -0.112. The van der Waals surface area contributed by atoms with Crippen LogP contribution in [0, 0.1) is 11.6 Å². The van der Waals surface area contributed by atoms with Crippen molar-refractivity contribution in [2.45, 2.75) is 68.0 Å². The molecule has 0 saturated heterocycles. The summed E-state index contributed by atoms with van der Waals surface area (Å²) in [5, 5.41) is 15.9. The zero-order valence-corrected chi connectivity index (χ0v) is 19.8. The monoisotopic (exact) mass is 497 g/mol. The molecule has 5 atom stereocenters. The van der Waals surface area contributed by atoms with Crippen LogP contribution in [-0.4, -0.2) is 58.4 Å². The summed E-state index contributed by atoms with van der Waals surface area (Å²) in [4.78, 5) is 9.07. The first-order chi connectivity index (χ1) is 16.4. The predicted molar refractivity (Wildman–Crippen MR) is 127 cm³/mol. The van der Waals surface area contributed by atoms with Crippen molar-refractivity contribution in [2.75, 3.05) is 35.3 Å². The van der Waals surface area contributed by atoms with Crippen molar-refractivity contribution in [3.05, 3.63) is 35.4 Å². The first kappa shape index (κ1) is 24.9. The third kappa shape index (κ3) is 5.69. The molecule has 0 spiro atoms. The molecule has 0 aliphatic heterocycles. The number of aliphatic hydroxyl groups is 1. The molecule has 0 amide bonds. The molecule has 34 heavy (non-hydrogen) atoms. The molecular formula is C23H30F3N5O2S. The van der Waals surface area contributed by atoms with E-state index in [1.54, 1.807) is 6.07 Å². The first-order valence-corrected chi connectivity index (χ1v) is 12.5. The summed E-state index contributed by atoms with van der Waals surface area (Å²) >= 11 is 1.48. The van der Waals surface area contributed by atoms with Crippen LogP contribution in [0.5, 0.6) is 0 Å². The number of thioether (sulfide) groups is 1. The predicted octanol–water partition coefficient (Wildman–Crippen LogP) is 4.10. The number of halogens is 3. The van der Waals surface area contributed by atoms with Gasteiger partial charge in [-0.1, -0.05) is 24.8 Å². The number of aromatic nitrogens is 2. The summed E-state index contributed by atoms with van der Waals surface area (Å²) in [6, 6.07) is 3.38. The highest BCUT2D eigenvalue weighted by atomic mass is 32.2. The third-order valence-corrected chi connectivity index (χ3v) is 7.15.